The van der Waals surface area contributed by atoms with Gasteiger partial charge in [-0.1, -0.05) is 0 Å². The Kier molecular flexibility index (Phi) is 2.22. The lowest BCUT2D eigenvalue weighted by molar-refractivity contribution is 0.476. The summed E-state index contributed by atoms with van der Waals surface area (Å²) < 4.78 is 2.96. The third kappa shape index (κ3) is 1.67. The van der Waals surface area contributed by atoms with Crippen molar-refractivity contribution in [1.82, 2.24) is 4.98 Å². The van der Waals surface area contributed by atoms with E-state index in [9.17, 15) is 5.11 Å². The van der Waals surface area contributed by atoms with Crippen molar-refractivity contribution in [2.45, 2.75) is 0 Å². The number of aromatic hydroxyl groups is 1. The molecule has 1 aromatic carbocycles. The van der Waals surface area contributed by atoms with Crippen molar-refractivity contribution in [1.29, 1.82) is 0 Å². The number of hydrogen-bond donors (Lipinski definition) is 2. The van der Waals surface area contributed by atoms with Crippen LogP contribution in [0, 0.1) is 0 Å². The quantitative estimate of drug-likeness (QED) is 0.626. The number of pyridine rings is 1. The highest BCUT2D eigenvalue weighted by Gasteiger charge is 1.97. The molecular weight excluding hydrogens is 279 g/mol. The molecule has 3 nitrogen and oxygen atoms in total. The lowest BCUT2D eigenvalue weighted by Gasteiger charge is -2.00. The van der Waals surface area contributed by atoms with Crippen LogP contribution in [0.5, 0.6) is 5.75 Å². The minimum Gasteiger partial charge on any atom is -0.508 e. The zero-order valence-electron chi connectivity index (χ0n) is 6.66. The van der Waals surface area contributed by atoms with Gasteiger partial charge in [0.05, 0.1) is 40.3 Å². The number of aromatic nitrogens is 1. The van der Waals surface area contributed by atoms with Gasteiger partial charge in [0.2, 0.25) is 0 Å². The molecule has 0 atom stereocenters. The van der Waals surface area contributed by atoms with Crippen LogP contribution in [0.15, 0.2) is 30.5 Å². The van der Waals surface area contributed by atoms with E-state index in [2.05, 4.69) is 8.51 Å². The van der Waals surface area contributed by atoms with Gasteiger partial charge in [-0.05, 0) is 24.3 Å². The number of nitrogens with zero attached hydrogens (tertiary/aromatic N) is 1. The van der Waals surface area contributed by atoms with Crippen LogP contribution in [-0.4, -0.2) is 10.1 Å². The topological polar surface area (TPSA) is 45.2 Å². The van der Waals surface area contributed by atoms with Gasteiger partial charge in [-0.25, -0.2) is 0 Å². The first kappa shape index (κ1) is 8.55. The molecule has 1 heterocycles. The van der Waals surface area contributed by atoms with Gasteiger partial charge in [-0.3, -0.25) is 4.98 Å². The third-order valence-electron chi connectivity index (χ3n) is 1.77. The number of anilines is 1. The number of nitrogens with one attached hydrogen (secondary N) is 1. The van der Waals surface area contributed by atoms with E-state index in [1.54, 1.807) is 24.4 Å². The summed E-state index contributed by atoms with van der Waals surface area (Å²) in [6, 6.07) is 7.06. The maximum atomic E-state index is 9.24. The van der Waals surface area contributed by atoms with Crippen LogP contribution in [0.2, 0.25) is 0 Å². The molecule has 0 aliphatic carbocycles. The van der Waals surface area contributed by atoms with Crippen molar-refractivity contribution < 1.29 is 5.11 Å². The first-order chi connectivity index (χ1) is 6.29. The van der Waals surface area contributed by atoms with E-state index < -0.39 is 0 Å². The Morgan fingerprint density at radius 1 is 1.31 bits per heavy atom. The van der Waals surface area contributed by atoms with Crippen LogP contribution < -0.4 is 3.53 Å². The molecule has 13 heavy (non-hydrogen) atoms. The minimum absolute atomic E-state index is 0.264. The molecule has 2 aromatic rings. The number of phenols is 1. The Morgan fingerprint density at radius 3 is 2.92 bits per heavy atom. The Bertz CT molecular complexity index is 445. The maximum Gasteiger partial charge on any atom is 0.116 e. The van der Waals surface area contributed by atoms with Crippen molar-refractivity contribution in [2.24, 2.45) is 0 Å². The number of halogens is 1. The Hall–Kier alpha value is -1.04. The lowest BCUT2D eigenvalue weighted by atomic mass is 10.2. The zero-order valence-corrected chi connectivity index (χ0v) is 8.82. The molecule has 0 radical (unpaired) electrons. The summed E-state index contributed by atoms with van der Waals surface area (Å²) in [5, 5.41) is 10.2. The van der Waals surface area contributed by atoms with Gasteiger partial charge in [0.1, 0.15) is 5.75 Å². The summed E-state index contributed by atoms with van der Waals surface area (Å²) in [6.07, 6.45) is 1.76. The van der Waals surface area contributed by atoms with E-state index in [0.717, 1.165) is 16.6 Å². The van der Waals surface area contributed by atoms with E-state index in [1.807, 2.05) is 28.9 Å². The van der Waals surface area contributed by atoms with Gasteiger partial charge in [-0.15, -0.1) is 0 Å². The van der Waals surface area contributed by atoms with Crippen molar-refractivity contribution in [2.75, 3.05) is 3.53 Å². The van der Waals surface area contributed by atoms with Gasteiger partial charge in [-0.2, -0.15) is 0 Å². The average molecular weight is 286 g/mol. The Labute approximate surface area is 89.3 Å². The first-order valence-corrected chi connectivity index (χ1v) is 4.83. The number of hydrogen-bond acceptors (Lipinski definition) is 3. The van der Waals surface area contributed by atoms with Gasteiger partial charge in [0.15, 0.2) is 0 Å². The van der Waals surface area contributed by atoms with E-state index in [0.29, 0.717) is 0 Å². The highest BCUT2D eigenvalue weighted by Crippen LogP contribution is 2.21. The molecule has 0 fully saturated rings. The van der Waals surface area contributed by atoms with Crippen molar-refractivity contribution in [3.8, 4) is 5.75 Å². The molecule has 0 unspecified atom stereocenters. The molecule has 0 aliphatic heterocycles. The Morgan fingerprint density at radius 2 is 2.15 bits per heavy atom. The zero-order chi connectivity index (χ0) is 9.26. The van der Waals surface area contributed by atoms with Crippen LogP contribution in [-0.2, 0) is 0 Å². The molecule has 0 spiro atoms. The van der Waals surface area contributed by atoms with E-state index in [1.165, 1.54) is 0 Å². The van der Waals surface area contributed by atoms with Crippen LogP contribution in [0.3, 0.4) is 0 Å². The SMILES string of the molecule is Oc1ccc2ncc(NI)cc2c1. The number of phenolic OH excluding ortho intramolecular Hbond substituents is 1. The molecular formula is C9H7IN2O. The van der Waals surface area contributed by atoms with Crippen molar-refractivity contribution in [3.63, 3.8) is 0 Å². The summed E-state index contributed by atoms with van der Waals surface area (Å²) in [5.41, 5.74) is 1.81. The van der Waals surface area contributed by atoms with Gasteiger partial charge < -0.3 is 8.64 Å². The highest BCUT2D eigenvalue weighted by molar-refractivity contribution is 14.1. The molecule has 66 valence electrons. The molecule has 0 bridgehead atoms. The predicted octanol–water partition coefficient (Wildman–Crippen LogP) is 2.70. The molecule has 2 N–H and O–H groups in total. The van der Waals surface area contributed by atoms with Crippen LogP contribution in [0.25, 0.3) is 10.9 Å². The first-order valence-electron chi connectivity index (χ1n) is 3.75. The summed E-state index contributed by atoms with van der Waals surface area (Å²) in [6.45, 7) is 0. The third-order valence-corrected chi connectivity index (χ3v) is 2.40. The van der Waals surface area contributed by atoms with Gasteiger partial charge in [0.25, 0.3) is 0 Å². The van der Waals surface area contributed by atoms with Crippen molar-refractivity contribution in [3.05, 3.63) is 30.5 Å². The van der Waals surface area contributed by atoms with Gasteiger partial charge >= 0.3 is 0 Å². The molecule has 0 aliphatic rings. The standard InChI is InChI=1S/C9H7IN2O/c10-12-7-3-6-4-8(13)1-2-9(6)11-5-7/h1-5,12-13H. The second kappa shape index (κ2) is 3.37. The minimum atomic E-state index is 0.264. The second-order valence-electron chi connectivity index (χ2n) is 2.70. The lowest BCUT2D eigenvalue weighted by Crippen LogP contribution is -1.83. The predicted molar refractivity (Wildman–Crippen MR) is 61.1 cm³/mol. The molecule has 0 saturated carbocycles. The Balaban J connectivity index is 2.68. The number of rotatable bonds is 1. The summed E-state index contributed by atoms with van der Waals surface area (Å²) in [5.74, 6) is 0.264. The summed E-state index contributed by atoms with van der Waals surface area (Å²) in [4.78, 5) is 4.21. The smallest absolute Gasteiger partial charge is 0.116 e. The van der Waals surface area contributed by atoms with Crippen LogP contribution in [0.1, 0.15) is 0 Å². The molecule has 2 rings (SSSR count). The average Bonchev–Trinajstić information content (AvgIpc) is 2.16. The monoisotopic (exact) mass is 286 g/mol. The van der Waals surface area contributed by atoms with E-state index >= 15 is 0 Å². The van der Waals surface area contributed by atoms with Crippen LogP contribution >= 0.6 is 22.9 Å². The van der Waals surface area contributed by atoms with E-state index in [-0.39, 0.29) is 5.75 Å². The number of fused-ring (bicyclic) bond motifs is 1. The fourth-order valence-corrected chi connectivity index (χ4v) is 1.47. The molecule has 0 amide bonds. The normalized spacial score (nSPS) is 10.2. The van der Waals surface area contributed by atoms with Gasteiger partial charge in [0, 0.05) is 5.39 Å². The van der Waals surface area contributed by atoms with E-state index in [4.69, 9.17) is 0 Å². The fourth-order valence-electron chi connectivity index (χ4n) is 1.17. The summed E-state index contributed by atoms with van der Waals surface area (Å²) in [7, 11) is 0. The largest absolute Gasteiger partial charge is 0.508 e. The highest BCUT2D eigenvalue weighted by atomic mass is 127. The fraction of sp³-hybridized carbons (Fsp3) is 0. The molecule has 1 aromatic heterocycles. The molecule has 4 heteroatoms. The molecule has 0 saturated heterocycles. The van der Waals surface area contributed by atoms with Crippen molar-refractivity contribution >= 4 is 39.5 Å². The maximum absolute atomic E-state index is 9.24. The number of benzene rings is 1. The second-order valence-corrected chi connectivity index (χ2v) is 3.23. The van der Waals surface area contributed by atoms with Crippen LogP contribution in [0.4, 0.5) is 5.69 Å². The summed E-state index contributed by atoms with van der Waals surface area (Å²) >= 11 is 2.04.